The summed E-state index contributed by atoms with van der Waals surface area (Å²) in [5, 5.41) is 39.8. The maximum absolute atomic E-state index is 11.7. The summed E-state index contributed by atoms with van der Waals surface area (Å²) in [7, 11) is 0. The van der Waals surface area contributed by atoms with Gasteiger partial charge < -0.3 is 31.1 Å². The van der Waals surface area contributed by atoms with Gasteiger partial charge in [0, 0.05) is 13.1 Å². The Bertz CT molecular complexity index is 554. The highest BCUT2D eigenvalue weighted by molar-refractivity contribution is 5.81. The minimum Gasteiger partial charge on any atom is -0.480 e. The first-order valence-corrected chi connectivity index (χ1v) is 8.84. The van der Waals surface area contributed by atoms with Gasteiger partial charge in [-0.2, -0.15) is 0 Å². The van der Waals surface area contributed by atoms with Crippen molar-refractivity contribution in [3.8, 4) is 0 Å². The fourth-order valence-electron chi connectivity index (χ4n) is 2.32. The Morgan fingerprint density at radius 2 is 0.767 bits per heavy atom. The van der Waals surface area contributed by atoms with Crippen molar-refractivity contribution in [3.63, 3.8) is 0 Å². The zero-order valence-corrected chi connectivity index (χ0v) is 16.2. The monoisotopic (exact) mass is 434 g/mol. The van der Waals surface area contributed by atoms with Crippen molar-refractivity contribution in [2.75, 3.05) is 52.4 Å². The number of amides is 2. The van der Waals surface area contributed by atoms with Crippen LogP contribution < -0.4 is 10.6 Å². The third-order valence-corrected chi connectivity index (χ3v) is 3.42. The lowest BCUT2D eigenvalue weighted by Crippen LogP contribution is -2.43. The zero-order chi connectivity index (χ0) is 23.1. The van der Waals surface area contributed by atoms with E-state index in [0.717, 1.165) is 9.80 Å². The minimum absolute atomic E-state index is 0.215. The van der Waals surface area contributed by atoms with Gasteiger partial charge in [0.1, 0.15) is 0 Å². The molecular weight excluding hydrogens is 408 g/mol. The molecular formula is C16H26N4O10. The van der Waals surface area contributed by atoms with Crippen molar-refractivity contribution in [3.05, 3.63) is 0 Å². The second kappa shape index (κ2) is 14.7. The number of unbranched alkanes of at least 4 members (excludes halogenated alkanes) is 1. The minimum atomic E-state index is -1.26. The standard InChI is InChI=1S/C16H26N4O10/c21-11(5-19(7-13(23)24)8-14(25)26)17-3-1-2-4-18-12(22)6-20(9-15(27)28)10-16(29)30/h1-10H2,(H,17,21)(H,18,22)(H,23,24)(H,25,26)(H,27,28)(H,29,30). The number of carboxylic acid groups (broad SMARTS) is 4. The van der Waals surface area contributed by atoms with Gasteiger partial charge in [-0.15, -0.1) is 0 Å². The van der Waals surface area contributed by atoms with E-state index in [0.29, 0.717) is 12.8 Å². The van der Waals surface area contributed by atoms with E-state index in [1.54, 1.807) is 0 Å². The smallest absolute Gasteiger partial charge is 0.317 e. The Hall–Kier alpha value is -3.26. The molecule has 14 heteroatoms. The number of rotatable bonds is 17. The van der Waals surface area contributed by atoms with Gasteiger partial charge in [-0.25, -0.2) is 0 Å². The van der Waals surface area contributed by atoms with Gasteiger partial charge in [0.05, 0.1) is 39.3 Å². The van der Waals surface area contributed by atoms with Crippen LogP contribution in [0.5, 0.6) is 0 Å². The van der Waals surface area contributed by atoms with Crippen molar-refractivity contribution in [2.24, 2.45) is 0 Å². The first-order chi connectivity index (χ1) is 14.0. The second-order valence-corrected chi connectivity index (χ2v) is 6.27. The molecule has 170 valence electrons. The molecule has 0 unspecified atom stereocenters. The van der Waals surface area contributed by atoms with Crippen LogP contribution in [0, 0.1) is 0 Å². The van der Waals surface area contributed by atoms with Gasteiger partial charge in [0.2, 0.25) is 11.8 Å². The predicted octanol–water partition coefficient (Wildman–Crippen LogP) is -3.06. The van der Waals surface area contributed by atoms with Crippen LogP contribution in [-0.2, 0) is 28.8 Å². The van der Waals surface area contributed by atoms with E-state index < -0.39 is 75.0 Å². The SMILES string of the molecule is O=C(O)CN(CC(=O)O)CC(=O)NCCCCNC(=O)CN(CC(=O)O)CC(=O)O. The van der Waals surface area contributed by atoms with E-state index in [1.807, 2.05) is 0 Å². The van der Waals surface area contributed by atoms with E-state index in [4.69, 9.17) is 20.4 Å². The normalized spacial score (nSPS) is 10.6. The van der Waals surface area contributed by atoms with Crippen LogP contribution >= 0.6 is 0 Å². The molecule has 0 aliphatic heterocycles. The maximum atomic E-state index is 11.7. The second-order valence-electron chi connectivity index (χ2n) is 6.27. The van der Waals surface area contributed by atoms with Crippen LogP contribution in [0.3, 0.4) is 0 Å². The van der Waals surface area contributed by atoms with Crippen molar-refractivity contribution in [2.45, 2.75) is 12.8 Å². The fourth-order valence-corrected chi connectivity index (χ4v) is 2.32. The highest BCUT2D eigenvalue weighted by Gasteiger charge is 2.17. The highest BCUT2D eigenvalue weighted by atomic mass is 16.4. The number of hydrogen-bond donors (Lipinski definition) is 6. The Morgan fingerprint density at radius 3 is 1.00 bits per heavy atom. The van der Waals surface area contributed by atoms with E-state index in [9.17, 15) is 28.8 Å². The van der Waals surface area contributed by atoms with Gasteiger partial charge in [0.25, 0.3) is 0 Å². The summed E-state index contributed by atoms with van der Waals surface area (Å²) >= 11 is 0. The molecule has 6 N–H and O–H groups in total. The number of aliphatic carboxylic acids is 4. The molecule has 0 aromatic heterocycles. The Labute approximate surface area is 171 Å². The molecule has 0 aromatic carbocycles. The van der Waals surface area contributed by atoms with Gasteiger partial charge >= 0.3 is 23.9 Å². The van der Waals surface area contributed by atoms with Crippen LogP contribution in [0.4, 0.5) is 0 Å². The summed E-state index contributed by atoms with van der Waals surface area (Å²) in [6.45, 7) is -2.71. The van der Waals surface area contributed by atoms with Crippen LogP contribution in [0.1, 0.15) is 12.8 Å². The first kappa shape index (κ1) is 26.7. The summed E-state index contributed by atoms with van der Waals surface area (Å²) in [5.74, 6) is -6.12. The average Bonchev–Trinajstić information content (AvgIpc) is 2.55. The summed E-state index contributed by atoms with van der Waals surface area (Å²) < 4.78 is 0. The average molecular weight is 434 g/mol. The summed E-state index contributed by atoms with van der Waals surface area (Å²) in [6.07, 6.45) is 0.912. The molecule has 0 bridgehead atoms. The Kier molecular flexibility index (Phi) is 13.1. The topological polar surface area (TPSA) is 214 Å². The lowest BCUT2D eigenvalue weighted by molar-refractivity contribution is -0.144. The van der Waals surface area contributed by atoms with Crippen molar-refractivity contribution < 1.29 is 49.2 Å². The molecule has 0 saturated heterocycles. The molecule has 0 rings (SSSR count). The molecule has 0 fully saturated rings. The molecule has 0 saturated carbocycles. The van der Waals surface area contributed by atoms with Crippen LogP contribution in [0.25, 0.3) is 0 Å². The third-order valence-electron chi connectivity index (χ3n) is 3.42. The molecule has 0 heterocycles. The van der Waals surface area contributed by atoms with Gasteiger partial charge in [-0.3, -0.25) is 38.6 Å². The molecule has 14 nitrogen and oxygen atoms in total. The molecule has 2 amide bonds. The molecule has 0 atom stereocenters. The van der Waals surface area contributed by atoms with E-state index in [2.05, 4.69) is 10.6 Å². The van der Waals surface area contributed by atoms with Crippen LogP contribution in [-0.4, -0.2) is 118 Å². The summed E-state index contributed by atoms with van der Waals surface area (Å²) in [5.41, 5.74) is 0. The molecule has 30 heavy (non-hydrogen) atoms. The number of nitrogens with zero attached hydrogens (tertiary/aromatic N) is 2. The predicted molar refractivity (Wildman–Crippen MR) is 98.7 cm³/mol. The number of carbonyl (C=O) groups excluding carboxylic acids is 2. The maximum Gasteiger partial charge on any atom is 0.317 e. The molecule has 0 radical (unpaired) electrons. The van der Waals surface area contributed by atoms with Crippen LogP contribution in [0.15, 0.2) is 0 Å². The summed E-state index contributed by atoms with van der Waals surface area (Å²) in [6, 6.07) is 0. The Morgan fingerprint density at radius 1 is 0.500 bits per heavy atom. The number of carbonyl (C=O) groups is 6. The van der Waals surface area contributed by atoms with E-state index in [-0.39, 0.29) is 13.1 Å². The zero-order valence-electron chi connectivity index (χ0n) is 16.2. The number of nitrogens with one attached hydrogen (secondary N) is 2. The molecule has 0 aliphatic rings. The largest absolute Gasteiger partial charge is 0.480 e. The fraction of sp³-hybridized carbons (Fsp3) is 0.625. The third kappa shape index (κ3) is 15.8. The van der Waals surface area contributed by atoms with Gasteiger partial charge in [-0.1, -0.05) is 0 Å². The first-order valence-electron chi connectivity index (χ1n) is 8.84. The Balaban J connectivity index is 4.08. The van der Waals surface area contributed by atoms with Crippen molar-refractivity contribution >= 4 is 35.7 Å². The van der Waals surface area contributed by atoms with Crippen molar-refractivity contribution in [1.82, 2.24) is 20.4 Å². The number of carboxylic acids is 4. The highest BCUT2D eigenvalue weighted by Crippen LogP contribution is 1.92. The van der Waals surface area contributed by atoms with Crippen molar-refractivity contribution in [1.29, 1.82) is 0 Å². The molecule has 0 aliphatic carbocycles. The van der Waals surface area contributed by atoms with Gasteiger partial charge in [-0.05, 0) is 12.8 Å². The molecule has 0 aromatic rings. The number of hydrogen-bond acceptors (Lipinski definition) is 8. The van der Waals surface area contributed by atoms with E-state index >= 15 is 0 Å². The van der Waals surface area contributed by atoms with Crippen LogP contribution in [0.2, 0.25) is 0 Å². The quantitative estimate of drug-likeness (QED) is 0.126. The lowest BCUT2D eigenvalue weighted by atomic mass is 10.3. The van der Waals surface area contributed by atoms with E-state index in [1.165, 1.54) is 0 Å². The van der Waals surface area contributed by atoms with Gasteiger partial charge in [0.15, 0.2) is 0 Å². The lowest BCUT2D eigenvalue weighted by Gasteiger charge is -2.17. The summed E-state index contributed by atoms with van der Waals surface area (Å²) in [4.78, 5) is 68.1. The molecule has 0 spiro atoms.